The average molecular weight is 495 g/mol. The predicted molar refractivity (Wildman–Crippen MR) is 127 cm³/mol. The molecule has 0 saturated heterocycles. The first-order chi connectivity index (χ1) is 15.5. The molecule has 0 aliphatic carbocycles. The van der Waals surface area contributed by atoms with E-state index >= 15 is 0 Å². The zero-order chi connectivity index (χ0) is 22.5. The number of carbonyl (C=O) groups is 2. The van der Waals surface area contributed by atoms with E-state index in [2.05, 4.69) is 21.2 Å². The number of fused-ring (bicyclic) bond motifs is 1. The summed E-state index contributed by atoms with van der Waals surface area (Å²) in [6.07, 6.45) is 0.238. The molecular weight excluding hydrogens is 472 g/mol. The largest absolute Gasteiger partial charge is 0.494 e. The second-order valence-corrected chi connectivity index (χ2v) is 8.30. The molecule has 1 heterocycles. The molecule has 3 aromatic rings. The highest BCUT2D eigenvalue weighted by Gasteiger charge is 2.26. The molecule has 6 nitrogen and oxygen atoms in total. The van der Waals surface area contributed by atoms with Crippen LogP contribution in [0.15, 0.2) is 71.2 Å². The highest BCUT2D eigenvalue weighted by Crippen LogP contribution is 2.35. The molecule has 0 fully saturated rings. The Kier molecular flexibility index (Phi) is 6.75. The summed E-state index contributed by atoms with van der Waals surface area (Å²) >= 11 is 3.43. The van der Waals surface area contributed by atoms with Crippen LogP contribution in [-0.4, -0.2) is 25.0 Å². The Morgan fingerprint density at radius 2 is 1.78 bits per heavy atom. The van der Waals surface area contributed by atoms with Gasteiger partial charge in [-0.05, 0) is 60.5 Å². The first kappa shape index (κ1) is 21.9. The molecule has 1 aliphatic heterocycles. The van der Waals surface area contributed by atoms with Crippen LogP contribution in [0, 0.1) is 0 Å². The fourth-order valence-corrected chi connectivity index (χ4v) is 3.75. The van der Waals surface area contributed by atoms with Gasteiger partial charge in [0.2, 0.25) is 5.91 Å². The SMILES string of the molecule is CCOc1ccc(CC(=O)Nc2ccc3c(c2)N(Cc2ccc(Br)cc2)C(=O)CO3)cc1. The number of hydrogen-bond donors (Lipinski definition) is 1. The molecule has 1 aliphatic rings. The standard InChI is InChI=1S/C25H23BrN2O4/c1-2-31-21-10-5-17(6-11-21)13-24(29)27-20-9-12-23-22(14-20)28(25(30)16-32-23)15-18-3-7-19(26)8-4-18/h3-12,14H,2,13,15-16H2,1H3,(H,27,29). The van der Waals surface area contributed by atoms with Gasteiger partial charge in [-0.15, -0.1) is 0 Å². The van der Waals surface area contributed by atoms with E-state index in [4.69, 9.17) is 9.47 Å². The van der Waals surface area contributed by atoms with Gasteiger partial charge in [0, 0.05) is 10.2 Å². The van der Waals surface area contributed by atoms with Crippen molar-refractivity contribution in [2.45, 2.75) is 19.9 Å². The van der Waals surface area contributed by atoms with Crippen molar-refractivity contribution in [3.05, 3.63) is 82.3 Å². The van der Waals surface area contributed by atoms with Crippen LogP contribution in [0.3, 0.4) is 0 Å². The minimum Gasteiger partial charge on any atom is -0.494 e. The Bertz CT molecular complexity index is 1110. The minimum atomic E-state index is -0.142. The van der Waals surface area contributed by atoms with Gasteiger partial charge in [0.1, 0.15) is 11.5 Å². The summed E-state index contributed by atoms with van der Waals surface area (Å²) in [6, 6.07) is 20.6. The van der Waals surface area contributed by atoms with E-state index in [0.29, 0.717) is 30.3 Å². The van der Waals surface area contributed by atoms with Gasteiger partial charge in [-0.2, -0.15) is 0 Å². The number of nitrogens with zero attached hydrogens (tertiary/aromatic N) is 1. The normalized spacial score (nSPS) is 12.7. The molecule has 2 amide bonds. The van der Waals surface area contributed by atoms with Crippen molar-refractivity contribution in [2.24, 2.45) is 0 Å². The summed E-state index contributed by atoms with van der Waals surface area (Å²) in [6.45, 7) is 2.95. The van der Waals surface area contributed by atoms with E-state index in [-0.39, 0.29) is 24.8 Å². The summed E-state index contributed by atoms with van der Waals surface area (Å²) in [5.41, 5.74) is 3.14. The van der Waals surface area contributed by atoms with Gasteiger partial charge in [0.25, 0.3) is 5.91 Å². The van der Waals surface area contributed by atoms with Crippen molar-refractivity contribution in [3.8, 4) is 11.5 Å². The summed E-state index contributed by atoms with van der Waals surface area (Å²) < 4.78 is 12.0. The molecule has 0 atom stereocenters. The average Bonchev–Trinajstić information content (AvgIpc) is 2.78. The van der Waals surface area contributed by atoms with Crippen molar-refractivity contribution >= 4 is 39.1 Å². The van der Waals surface area contributed by atoms with Crippen molar-refractivity contribution in [1.29, 1.82) is 0 Å². The smallest absolute Gasteiger partial charge is 0.265 e. The Balaban J connectivity index is 1.47. The molecule has 32 heavy (non-hydrogen) atoms. The molecule has 7 heteroatoms. The number of hydrogen-bond acceptors (Lipinski definition) is 4. The number of anilines is 2. The maximum absolute atomic E-state index is 12.6. The number of halogens is 1. The highest BCUT2D eigenvalue weighted by molar-refractivity contribution is 9.10. The third kappa shape index (κ3) is 5.29. The van der Waals surface area contributed by atoms with E-state index in [0.717, 1.165) is 21.3 Å². The lowest BCUT2D eigenvalue weighted by Crippen LogP contribution is -2.38. The molecule has 0 bridgehead atoms. The van der Waals surface area contributed by atoms with E-state index in [1.165, 1.54) is 0 Å². The lowest BCUT2D eigenvalue weighted by atomic mass is 10.1. The number of ether oxygens (including phenoxy) is 2. The van der Waals surface area contributed by atoms with Crippen LogP contribution in [0.25, 0.3) is 0 Å². The quantitative estimate of drug-likeness (QED) is 0.504. The Morgan fingerprint density at radius 1 is 1.06 bits per heavy atom. The maximum atomic E-state index is 12.6. The lowest BCUT2D eigenvalue weighted by molar-refractivity contribution is -0.121. The number of carbonyl (C=O) groups excluding carboxylic acids is 2. The molecule has 1 N–H and O–H groups in total. The molecule has 0 aromatic heterocycles. The van der Waals surface area contributed by atoms with Crippen LogP contribution in [0.5, 0.6) is 11.5 Å². The first-order valence-electron chi connectivity index (χ1n) is 10.3. The molecule has 0 spiro atoms. The summed E-state index contributed by atoms with van der Waals surface area (Å²) in [4.78, 5) is 26.8. The van der Waals surface area contributed by atoms with Gasteiger partial charge in [0.05, 0.1) is 25.3 Å². The van der Waals surface area contributed by atoms with Crippen molar-refractivity contribution in [3.63, 3.8) is 0 Å². The van der Waals surface area contributed by atoms with Gasteiger partial charge in [-0.3, -0.25) is 9.59 Å². The maximum Gasteiger partial charge on any atom is 0.265 e. The molecule has 164 valence electrons. The monoisotopic (exact) mass is 494 g/mol. The van der Waals surface area contributed by atoms with Gasteiger partial charge in [-0.1, -0.05) is 40.2 Å². The van der Waals surface area contributed by atoms with E-state index in [1.54, 1.807) is 23.1 Å². The van der Waals surface area contributed by atoms with Crippen molar-refractivity contribution in [1.82, 2.24) is 0 Å². The Morgan fingerprint density at radius 3 is 2.50 bits per heavy atom. The predicted octanol–water partition coefficient (Wildman–Crippen LogP) is 4.95. The number of amides is 2. The topological polar surface area (TPSA) is 67.9 Å². The van der Waals surface area contributed by atoms with Crippen LogP contribution < -0.4 is 19.7 Å². The summed E-state index contributed by atoms with van der Waals surface area (Å²) in [5, 5.41) is 2.92. The Labute approximate surface area is 195 Å². The third-order valence-corrected chi connectivity index (χ3v) is 5.57. The first-order valence-corrected chi connectivity index (χ1v) is 11.1. The van der Waals surface area contributed by atoms with Crippen molar-refractivity contribution in [2.75, 3.05) is 23.4 Å². The molecular formula is C25H23BrN2O4. The minimum absolute atomic E-state index is 0.00697. The molecule has 0 unspecified atom stereocenters. The molecule has 3 aromatic carbocycles. The number of rotatable bonds is 7. The van der Waals surface area contributed by atoms with Crippen LogP contribution in [-0.2, 0) is 22.6 Å². The Hall–Kier alpha value is -3.32. The fraction of sp³-hybridized carbons (Fsp3) is 0.200. The second kappa shape index (κ2) is 9.87. The summed E-state index contributed by atoms with van der Waals surface area (Å²) in [7, 11) is 0. The summed E-state index contributed by atoms with van der Waals surface area (Å²) in [5.74, 6) is 1.13. The van der Waals surface area contributed by atoms with Gasteiger partial charge in [0.15, 0.2) is 6.61 Å². The van der Waals surface area contributed by atoms with Gasteiger partial charge < -0.3 is 19.7 Å². The number of benzene rings is 3. The van der Waals surface area contributed by atoms with Crippen LogP contribution in [0.1, 0.15) is 18.1 Å². The lowest BCUT2D eigenvalue weighted by Gasteiger charge is -2.30. The zero-order valence-electron chi connectivity index (χ0n) is 17.6. The van der Waals surface area contributed by atoms with E-state index < -0.39 is 0 Å². The number of nitrogens with one attached hydrogen (secondary N) is 1. The molecule has 4 rings (SSSR count). The van der Waals surface area contributed by atoms with Gasteiger partial charge in [-0.25, -0.2) is 0 Å². The fourth-order valence-electron chi connectivity index (χ4n) is 3.49. The van der Waals surface area contributed by atoms with Crippen LogP contribution in [0.2, 0.25) is 0 Å². The van der Waals surface area contributed by atoms with Gasteiger partial charge >= 0.3 is 0 Å². The zero-order valence-corrected chi connectivity index (χ0v) is 19.2. The molecule has 0 radical (unpaired) electrons. The second-order valence-electron chi connectivity index (χ2n) is 7.38. The molecule has 0 saturated carbocycles. The van der Waals surface area contributed by atoms with Crippen LogP contribution in [0.4, 0.5) is 11.4 Å². The highest BCUT2D eigenvalue weighted by atomic mass is 79.9. The van der Waals surface area contributed by atoms with Crippen LogP contribution >= 0.6 is 15.9 Å². The van der Waals surface area contributed by atoms with E-state index in [1.807, 2.05) is 55.5 Å². The van der Waals surface area contributed by atoms with Crippen molar-refractivity contribution < 1.29 is 19.1 Å². The van der Waals surface area contributed by atoms with E-state index in [9.17, 15) is 9.59 Å². The third-order valence-electron chi connectivity index (χ3n) is 5.04.